The van der Waals surface area contributed by atoms with Crippen LogP contribution in [0.3, 0.4) is 0 Å². The van der Waals surface area contributed by atoms with Crippen LogP contribution in [0.15, 0.2) is 97.3 Å². The van der Waals surface area contributed by atoms with Crippen LogP contribution >= 0.6 is 11.6 Å². The molecular formula is C33H34ClN5O3. The average Bonchev–Trinajstić information content (AvgIpc) is 3.44. The number of nitrogens with one attached hydrogen (secondary N) is 3. The van der Waals surface area contributed by atoms with Gasteiger partial charge in [-0.25, -0.2) is 4.98 Å². The molecule has 2 aromatic heterocycles. The molecule has 0 fully saturated rings. The van der Waals surface area contributed by atoms with Crippen LogP contribution in [0.1, 0.15) is 19.3 Å². The number of fused-ring (bicyclic) bond motifs is 1. The number of amides is 1. The summed E-state index contributed by atoms with van der Waals surface area (Å²) in [5.41, 5.74) is 4.77. The summed E-state index contributed by atoms with van der Waals surface area (Å²) in [6.45, 7) is 0.840. The molecule has 0 saturated heterocycles. The van der Waals surface area contributed by atoms with Gasteiger partial charge in [-0.05, 0) is 55.7 Å². The minimum Gasteiger partial charge on any atom is -0.496 e. The predicted molar refractivity (Wildman–Crippen MR) is 170 cm³/mol. The number of para-hydroxylation sites is 2. The number of hydrogen-bond donors (Lipinski definition) is 3. The van der Waals surface area contributed by atoms with Crippen LogP contribution in [0.2, 0.25) is 5.02 Å². The third kappa shape index (κ3) is 7.14. The second-order valence-corrected chi connectivity index (χ2v) is 10.2. The first-order valence-corrected chi connectivity index (χ1v) is 14.2. The SMILES string of the molecule is COc1cc(OC)c(-c2cn3ccc(NC(=O)C(CCCCNc4ccccc4)Nc4ccccc4)cc3n2)cc1Cl. The van der Waals surface area contributed by atoms with Crippen molar-refractivity contribution in [2.75, 3.05) is 36.7 Å². The van der Waals surface area contributed by atoms with Crippen molar-refractivity contribution in [1.82, 2.24) is 9.38 Å². The van der Waals surface area contributed by atoms with Gasteiger partial charge < -0.3 is 29.8 Å². The van der Waals surface area contributed by atoms with E-state index in [4.69, 9.17) is 26.1 Å². The van der Waals surface area contributed by atoms with Gasteiger partial charge in [0.1, 0.15) is 23.2 Å². The number of unbranched alkanes of at least 4 members (excludes halogenated alkanes) is 1. The molecule has 8 nitrogen and oxygen atoms in total. The van der Waals surface area contributed by atoms with Gasteiger partial charge in [0.15, 0.2) is 0 Å². The summed E-state index contributed by atoms with van der Waals surface area (Å²) in [4.78, 5) is 18.3. The summed E-state index contributed by atoms with van der Waals surface area (Å²) in [5, 5.41) is 10.4. The van der Waals surface area contributed by atoms with Crippen LogP contribution in [0.5, 0.6) is 11.5 Å². The van der Waals surface area contributed by atoms with E-state index in [1.807, 2.05) is 77.5 Å². The molecule has 2 heterocycles. The number of methoxy groups -OCH3 is 2. The maximum Gasteiger partial charge on any atom is 0.246 e. The van der Waals surface area contributed by atoms with Crippen LogP contribution in [-0.4, -0.2) is 42.1 Å². The molecule has 1 atom stereocenters. The first-order valence-electron chi connectivity index (χ1n) is 13.9. The van der Waals surface area contributed by atoms with Crippen LogP contribution in [0.25, 0.3) is 16.9 Å². The van der Waals surface area contributed by atoms with Crippen molar-refractivity contribution in [3.63, 3.8) is 0 Å². The summed E-state index contributed by atoms with van der Waals surface area (Å²) in [6, 6.07) is 26.8. The maximum atomic E-state index is 13.5. The molecule has 0 aliphatic carbocycles. The normalized spacial score (nSPS) is 11.6. The van der Waals surface area contributed by atoms with Crippen LogP contribution < -0.4 is 25.4 Å². The average molecular weight is 584 g/mol. The lowest BCUT2D eigenvalue weighted by molar-refractivity contribution is -0.117. The van der Waals surface area contributed by atoms with Gasteiger partial charge in [-0.15, -0.1) is 0 Å². The molecule has 3 N–H and O–H groups in total. The Morgan fingerprint density at radius 2 is 1.60 bits per heavy atom. The minimum atomic E-state index is -0.402. The highest BCUT2D eigenvalue weighted by atomic mass is 35.5. The Hall–Kier alpha value is -4.69. The highest BCUT2D eigenvalue weighted by Gasteiger charge is 2.19. The number of carbonyl (C=O) groups excluding carboxylic acids is 1. The smallest absolute Gasteiger partial charge is 0.246 e. The van der Waals surface area contributed by atoms with Crippen molar-refractivity contribution in [2.45, 2.75) is 25.3 Å². The Bertz CT molecular complexity index is 1630. The van der Waals surface area contributed by atoms with Gasteiger partial charge in [0, 0.05) is 53.7 Å². The standard InChI is InChI=1S/C33H34ClN5O3/c1-41-30-21-31(42-2)27(34)20-26(30)29-22-39-18-16-25(19-32(39)38-29)37-33(40)28(36-24-13-7-4-8-14-24)15-9-10-17-35-23-11-5-3-6-12-23/h3-8,11-14,16,18-22,28,35-36H,9-10,15,17H2,1-2H3,(H,37,40). The topological polar surface area (TPSA) is 88.9 Å². The zero-order valence-electron chi connectivity index (χ0n) is 23.6. The van der Waals surface area contributed by atoms with E-state index in [2.05, 4.69) is 28.1 Å². The van der Waals surface area contributed by atoms with Gasteiger partial charge in [-0.1, -0.05) is 48.0 Å². The lowest BCUT2D eigenvalue weighted by Crippen LogP contribution is -2.34. The summed E-state index contributed by atoms with van der Waals surface area (Å²) in [5.74, 6) is 1.02. The van der Waals surface area contributed by atoms with E-state index in [1.165, 1.54) is 0 Å². The fraction of sp³-hybridized carbons (Fsp3) is 0.212. The summed E-state index contributed by atoms with van der Waals surface area (Å²) in [7, 11) is 3.15. The van der Waals surface area contributed by atoms with E-state index in [0.29, 0.717) is 40.0 Å². The highest BCUT2D eigenvalue weighted by molar-refractivity contribution is 6.32. The molecule has 42 heavy (non-hydrogen) atoms. The Labute approximate surface area is 250 Å². The molecule has 1 unspecified atom stereocenters. The lowest BCUT2D eigenvalue weighted by atomic mass is 10.1. The number of ether oxygens (including phenoxy) is 2. The van der Waals surface area contributed by atoms with Crippen molar-refractivity contribution >= 4 is 40.2 Å². The molecule has 0 aliphatic rings. The van der Waals surface area contributed by atoms with Crippen LogP contribution in [0.4, 0.5) is 17.1 Å². The zero-order valence-corrected chi connectivity index (χ0v) is 24.4. The molecule has 1 amide bonds. The Morgan fingerprint density at radius 1 is 0.881 bits per heavy atom. The molecule has 0 bridgehead atoms. The quantitative estimate of drug-likeness (QED) is 0.125. The fourth-order valence-corrected chi connectivity index (χ4v) is 4.99. The molecule has 0 aliphatic heterocycles. The second-order valence-electron chi connectivity index (χ2n) is 9.83. The van der Waals surface area contributed by atoms with E-state index in [1.54, 1.807) is 26.4 Å². The number of benzene rings is 3. The summed E-state index contributed by atoms with van der Waals surface area (Å²) >= 11 is 6.39. The van der Waals surface area contributed by atoms with E-state index in [0.717, 1.165) is 36.3 Å². The molecule has 3 aromatic carbocycles. The highest BCUT2D eigenvalue weighted by Crippen LogP contribution is 2.38. The molecule has 5 rings (SSSR count). The first-order chi connectivity index (χ1) is 20.5. The Kier molecular flexibility index (Phi) is 9.46. The number of anilines is 3. The molecule has 0 spiro atoms. The molecule has 9 heteroatoms. The van der Waals surface area contributed by atoms with Gasteiger partial charge in [-0.2, -0.15) is 0 Å². The van der Waals surface area contributed by atoms with Gasteiger partial charge in [0.05, 0.1) is 24.9 Å². The fourth-order valence-electron chi connectivity index (χ4n) is 4.75. The zero-order chi connectivity index (χ0) is 29.3. The number of carbonyl (C=O) groups is 1. The van der Waals surface area contributed by atoms with Crippen molar-refractivity contribution in [2.24, 2.45) is 0 Å². The van der Waals surface area contributed by atoms with E-state index >= 15 is 0 Å². The third-order valence-corrected chi connectivity index (χ3v) is 7.23. The summed E-state index contributed by atoms with van der Waals surface area (Å²) < 4.78 is 12.8. The van der Waals surface area contributed by atoms with Crippen molar-refractivity contribution in [3.05, 3.63) is 102 Å². The number of nitrogens with zero attached hydrogens (tertiary/aromatic N) is 2. The minimum absolute atomic E-state index is 0.102. The largest absolute Gasteiger partial charge is 0.496 e. The molecule has 5 aromatic rings. The Balaban J connectivity index is 1.28. The van der Waals surface area contributed by atoms with E-state index in [-0.39, 0.29) is 5.91 Å². The summed E-state index contributed by atoms with van der Waals surface area (Å²) in [6.07, 6.45) is 6.27. The number of aromatic nitrogens is 2. The lowest BCUT2D eigenvalue weighted by Gasteiger charge is -2.20. The van der Waals surface area contributed by atoms with E-state index < -0.39 is 6.04 Å². The monoisotopic (exact) mass is 583 g/mol. The predicted octanol–water partition coefficient (Wildman–Crippen LogP) is 7.37. The van der Waals surface area contributed by atoms with Crippen LogP contribution in [-0.2, 0) is 4.79 Å². The number of hydrogen-bond acceptors (Lipinski definition) is 6. The maximum absolute atomic E-state index is 13.5. The second kappa shape index (κ2) is 13.8. The number of pyridine rings is 1. The van der Waals surface area contributed by atoms with Gasteiger partial charge >= 0.3 is 0 Å². The van der Waals surface area contributed by atoms with Gasteiger partial charge in [-0.3, -0.25) is 4.79 Å². The van der Waals surface area contributed by atoms with Gasteiger partial charge in [0.2, 0.25) is 5.91 Å². The van der Waals surface area contributed by atoms with Crippen molar-refractivity contribution < 1.29 is 14.3 Å². The van der Waals surface area contributed by atoms with Crippen molar-refractivity contribution in [1.29, 1.82) is 0 Å². The molecule has 0 radical (unpaired) electrons. The third-order valence-electron chi connectivity index (χ3n) is 6.93. The van der Waals surface area contributed by atoms with Crippen molar-refractivity contribution in [3.8, 4) is 22.8 Å². The number of imidazole rings is 1. The number of halogens is 1. The van der Waals surface area contributed by atoms with E-state index in [9.17, 15) is 4.79 Å². The molecule has 216 valence electrons. The molecule has 0 saturated carbocycles. The van der Waals surface area contributed by atoms with Gasteiger partial charge in [0.25, 0.3) is 0 Å². The first kappa shape index (κ1) is 28.8. The molecular weight excluding hydrogens is 550 g/mol. The van der Waals surface area contributed by atoms with Crippen LogP contribution in [0, 0.1) is 0 Å². The Morgan fingerprint density at radius 3 is 2.31 bits per heavy atom. The number of rotatable bonds is 13.